The first-order valence-corrected chi connectivity index (χ1v) is 12.7. The van der Waals surface area contributed by atoms with Crippen LogP contribution in [0.2, 0.25) is 0 Å². The molecule has 2 fully saturated rings. The third kappa shape index (κ3) is 11.3. The summed E-state index contributed by atoms with van der Waals surface area (Å²) in [4.78, 5) is 98.3. The van der Waals surface area contributed by atoms with E-state index in [0.29, 0.717) is 5.06 Å². The third-order valence-corrected chi connectivity index (χ3v) is 5.69. The monoisotopic (exact) mass is 555 g/mol. The summed E-state index contributed by atoms with van der Waals surface area (Å²) >= 11 is 0. The molecule has 1 aliphatic carbocycles. The maximum Gasteiger partial charge on any atom is 0.333 e. The van der Waals surface area contributed by atoms with Gasteiger partial charge in [-0.1, -0.05) is 13.8 Å². The second-order valence-electron chi connectivity index (χ2n) is 9.43. The van der Waals surface area contributed by atoms with Gasteiger partial charge >= 0.3 is 23.9 Å². The van der Waals surface area contributed by atoms with E-state index in [2.05, 4.69) is 0 Å². The van der Waals surface area contributed by atoms with Gasteiger partial charge in [0, 0.05) is 44.9 Å². The fraction of sp³-hybridized carbons (Fsp3) is 0.680. The number of hydrogen-bond donors (Lipinski definition) is 0. The van der Waals surface area contributed by atoms with Crippen molar-refractivity contribution in [2.75, 3.05) is 26.4 Å². The molecule has 14 heteroatoms. The zero-order chi connectivity index (χ0) is 28.9. The minimum Gasteiger partial charge on any atom is -0.463 e. The van der Waals surface area contributed by atoms with Crippen LogP contribution in [0.3, 0.4) is 0 Å². The number of nitrogens with zero attached hydrogens (tertiary/aromatic N) is 1. The Morgan fingerprint density at radius 3 is 1.59 bits per heavy atom. The van der Waals surface area contributed by atoms with E-state index in [0.717, 1.165) is 0 Å². The SMILES string of the molecule is CC(CC(=O)OCCOCCOC(=O)CC(C)CC(=O)ON1C(=O)CCC1=O)CC(=O)OC1C(=O)CCC1=O. The summed E-state index contributed by atoms with van der Waals surface area (Å²) < 4.78 is 20.2. The summed E-state index contributed by atoms with van der Waals surface area (Å²) in [5.74, 6) is -5.55. The van der Waals surface area contributed by atoms with Gasteiger partial charge in [0.25, 0.3) is 11.8 Å². The minimum absolute atomic E-state index is 0.00824. The molecule has 0 spiro atoms. The van der Waals surface area contributed by atoms with Crippen molar-refractivity contribution in [3.05, 3.63) is 0 Å². The molecular formula is C25H33NO13. The Morgan fingerprint density at radius 1 is 0.667 bits per heavy atom. The highest BCUT2D eigenvalue weighted by Gasteiger charge is 2.36. The zero-order valence-electron chi connectivity index (χ0n) is 22.0. The van der Waals surface area contributed by atoms with Crippen LogP contribution in [0.1, 0.15) is 65.2 Å². The van der Waals surface area contributed by atoms with Crippen molar-refractivity contribution in [1.29, 1.82) is 0 Å². The standard InChI is InChI=1S/C25H33NO13/c1-15(13-23(33)38-25-17(27)3-4-18(25)28)11-21(31)36-9-7-35-8-10-37-22(32)12-16(2)14-24(34)39-26-19(29)5-6-20(26)30/h15-16,25H,3-14H2,1-2H3. The smallest absolute Gasteiger partial charge is 0.333 e. The summed E-state index contributed by atoms with van der Waals surface area (Å²) in [5, 5.41) is 0.449. The van der Waals surface area contributed by atoms with Crippen molar-refractivity contribution in [1.82, 2.24) is 5.06 Å². The molecule has 0 aromatic heterocycles. The highest BCUT2D eigenvalue weighted by molar-refractivity contribution is 6.12. The van der Waals surface area contributed by atoms with Gasteiger partial charge < -0.3 is 23.8 Å². The van der Waals surface area contributed by atoms with Gasteiger partial charge in [0.15, 0.2) is 11.6 Å². The van der Waals surface area contributed by atoms with Crippen LogP contribution in [0.15, 0.2) is 0 Å². The number of carbonyl (C=O) groups excluding carboxylic acids is 8. The van der Waals surface area contributed by atoms with Gasteiger partial charge in [0.05, 0.1) is 19.6 Å². The summed E-state index contributed by atoms with van der Waals surface area (Å²) in [6, 6.07) is 0. The first-order chi connectivity index (χ1) is 18.5. The quantitative estimate of drug-likeness (QED) is 0.0837. The number of imide groups is 1. The van der Waals surface area contributed by atoms with Crippen molar-refractivity contribution >= 4 is 47.3 Å². The van der Waals surface area contributed by atoms with Crippen molar-refractivity contribution in [3.63, 3.8) is 0 Å². The number of carbonyl (C=O) groups is 8. The highest BCUT2D eigenvalue weighted by atomic mass is 16.7. The Labute approximate surface area is 224 Å². The van der Waals surface area contributed by atoms with Crippen LogP contribution in [0.25, 0.3) is 0 Å². The Morgan fingerprint density at radius 2 is 1.10 bits per heavy atom. The van der Waals surface area contributed by atoms with Gasteiger partial charge in [-0.2, -0.15) is 0 Å². The Kier molecular flexibility index (Phi) is 12.7. The fourth-order valence-electron chi connectivity index (χ4n) is 3.73. The molecule has 2 unspecified atom stereocenters. The van der Waals surface area contributed by atoms with E-state index < -0.39 is 65.2 Å². The van der Waals surface area contributed by atoms with E-state index in [1.807, 2.05) is 0 Å². The fourth-order valence-corrected chi connectivity index (χ4v) is 3.73. The number of hydroxylamine groups is 2. The summed E-state index contributed by atoms with van der Waals surface area (Å²) in [6.07, 6.45) is -1.72. The molecule has 0 radical (unpaired) electrons. The molecule has 39 heavy (non-hydrogen) atoms. The first kappa shape index (κ1) is 31.5. The second-order valence-corrected chi connectivity index (χ2v) is 9.43. The number of esters is 3. The largest absolute Gasteiger partial charge is 0.463 e. The summed E-state index contributed by atoms with van der Waals surface area (Å²) in [5.41, 5.74) is 0. The molecule has 1 heterocycles. The number of ether oxygens (including phenoxy) is 4. The topological polar surface area (TPSA) is 186 Å². The molecule has 1 aliphatic heterocycles. The van der Waals surface area contributed by atoms with Crippen LogP contribution in [-0.4, -0.2) is 84.9 Å². The van der Waals surface area contributed by atoms with E-state index in [-0.39, 0.29) is 77.8 Å². The lowest BCUT2D eigenvalue weighted by Gasteiger charge is -2.15. The van der Waals surface area contributed by atoms with Crippen LogP contribution >= 0.6 is 0 Å². The lowest BCUT2D eigenvalue weighted by molar-refractivity contribution is -0.198. The van der Waals surface area contributed by atoms with Crippen molar-refractivity contribution in [2.45, 2.75) is 71.3 Å². The molecule has 0 N–H and O–H groups in total. The molecule has 0 bridgehead atoms. The zero-order valence-corrected chi connectivity index (χ0v) is 22.0. The van der Waals surface area contributed by atoms with Gasteiger partial charge in [-0.3, -0.25) is 33.6 Å². The number of amides is 2. The van der Waals surface area contributed by atoms with Gasteiger partial charge in [0.2, 0.25) is 6.10 Å². The number of rotatable bonds is 16. The van der Waals surface area contributed by atoms with Crippen LogP contribution in [0.4, 0.5) is 0 Å². The molecule has 2 rings (SSSR count). The molecule has 2 aliphatic rings. The van der Waals surface area contributed by atoms with Crippen LogP contribution in [-0.2, 0) is 62.1 Å². The minimum atomic E-state index is -1.33. The average Bonchev–Trinajstić information content (AvgIpc) is 3.33. The molecule has 0 aromatic rings. The first-order valence-electron chi connectivity index (χ1n) is 12.7. The number of ketones is 2. The normalized spacial score (nSPS) is 17.2. The summed E-state index contributed by atoms with van der Waals surface area (Å²) in [6.45, 7) is 3.21. The predicted octanol–water partition coefficient (Wildman–Crippen LogP) is 0.373. The highest BCUT2D eigenvalue weighted by Crippen LogP contribution is 2.18. The maximum atomic E-state index is 11.9. The van der Waals surface area contributed by atoms with E-state index in [9.17, 15) is 38.4 Å². The Bertz CT molecular complexity index is 867. The molecule has 1 saturated carbocycles. The van der Waals surface area contributed by atoms with E-state index in [1.54, 1.807) is 13.8 Å². The number of hydrogen-bond acceptors (Lipinski definition) is 13. The van der Waals surface area contributed by atoms with Gasteiger partial charge in [0.1, 0.15) is 13.2 Å². The van der Waals surface area contributed by atoms with E-state index in [1.165, 1.54) is 0 Å². The summed E-state index contributed by atoms with van der Waals surface area (Å²) in [7, 11) is 0. The van der Waals surface area contributed by atoms with Gasteiger partial charge in [-0.05, 0) is 11.8 Å². The molecule has 0 aromatic carbocycles. The number of Topliss-reactive ketones (excluding diaryl/α,β-unsaturated/α-hetero) is 2. The molecule has 2 atom stereocenters. The van der Waals surface area contributed by atoms with Gasteiger partial charge in [-0.25, -0.2) is 4.79 Å². The van der Waals surface area contributed by atoms with Crippen LogP contribution in [0, 0.1) is 11.8 Å². The maximum absolute atomic E-state index is 11.9. The van der Waals surface area contributed by atoms with E-state index >= 15 is 0 Å². The lowest BCUT2D eigenvalue weighted by atomic mass is 10.0. The predicted molar refractivity (Wildman–Crippen MR) is 126 cm³/mol. The van der Waals surface area contributed by atoms with Crippen LogP contribution < -0.4 is 0 Å². The Hall–Kier alpha value is -3.68. The van der Waals surface area contributed by atoms with Crippen LogP contribution in [0.5, 0.6) is 0 Å². The Balaban J connectivity index is 1.47. The molecule has 2 amide bonds. The molecular weight excluding hydrogens is 522 g/mol. The molecule has 1 saturated heterocycles. The third-order valence-electron chi connectivity index (χ3n) is 5.69. The van der Waals surface area contributed by atoms with E-state index in [4.69, 9.17) is 23.8 Å². The average molecular weight is 556 g/mol. The lowest BCUT2D eigenvalue weighted by Crippen LogP contribution is -2.32. The molecule has 216 valence electrons. The van der Waals surface area contributed by atoms with Crippen molar-refractivity contribution in [2.24, 2.45) is 11.8 Å². The second kappa shape index (κ2) is 15.7. The van der Waals surface area contributed by atoms with Gasteiger partial charge in [-0.15, -0.1) is 5.06 Å². The van der Waals surface area contributed by atoms with Crippen molar-refractivity contribution in [3.8, 4) is 0 Å². The molecule has 14 nitrogen and oxygen atoms in total. The van der Waals surface area contributed by atoms with Crippen molar-refractivity contribution < 1.29 is 62.1 Å².